The lowest BCUT2D eigenvalue weighted by atomic mass is 10.1. The average molecular weight is 246 g/mol. The molecule has 3 aromatic rings. The lowest BCUT2D eigenvalue weighted by molar-refractivity contribution is 0.836. The molecule has 2 nitrogen and oxygen atoms in total. The van der Waals surface area contributed by atoms with Gasteiger partial charge in [-0.3, -0.25) is 0 Å². The Kier molecular flexibility index (Phi) is 2.81. The first-order chi connectivity index (χ1) is 9.26. The molecular weight excluding hydrogens is 232 g/mol. The summed E-state index contributed by atoms with van der Waals surface area (Å²) in [6, 6.07) is 18.6. The smallest absolute Gasteiger partial charge is 0.0991 e. The number of benzene rings is 2. The van der Waals surface area contributed by atoms with E-state index in [9.17, 15) is 0 Å². The highest BCUT2D eigenvalue weighted by molar-refractivity contribution is 5.80. The third-order valence-electron chi connectivity index (χ3n) is 3.34. The van der Waals surface area contributed by atoms with Gasteiger partial charge in [0.05, 0.1) is 11.6 Å². The second-order valence-electron chi connectivity index (χ2n) is 4.82. The van der Waals surface area contributed by atoms with E-state index in [1.165, 1.54) is 16.5 Å². The van der Waals surface area contributed by atoms with E-state index in [1.807, 2.05) is 18.2 Å². The van der Waals surface area contributed by atoms with Crippen LogP contribution in [0.5, 0.6) is 0 Å². The first-order valence-electron chi connectivity index (χ1n) is 6.31. The van der Waals surface area contributed by atoms with Crippen molar-refractivity contribution in [3.05, 3.63) is 71.4 Å². The van der Waals surface area contributed by atoms with Gasteiger partial charge < -0.3 is 4.57 Å². The van der Waals surface area contributed by atoms with Gasteiger partial charge in [-0.05, 0) is 47.7 Å². The van der Waals surface area contributed by atoms with Crippen molar-refractivity contribution in [2.75, 3.05) is 0 Å². The maximum absolute atomic E-state index is 8.94. The Morgan fingerprint density at radius 1 is 1.11 bits per heavy atom. The SMILES string of the molecule is Cc1ccc2ccn(Cc3cccc(C#N)c3)c2c1. The fraction of sp³-hybridized carbons (Fsp3) is 0.118. The van der Waals surface area contributed by atoms with Gasteiger partial charge in [-0.2, -0.15) is 5.26 Å². The molecule has 0 atom stereocenters. The second kappa shape index (κ2) is 4.62. The van der Waals surface area contributed by atoms with E-state index in [0.717, 1.165) is 12.1 Å². The molecule has 0 aliphatic carbocycles. The topological polar surface area (TPSA) is 28.7 Å². The molecule has 92 valence electrons. The summed E-state index contributed by atoms with van der Waals surface area (Å²) in [5.74, 6) is 0. The van der Waals surface area contributed by atoms with Gasteiger partial charge in [0.1, 0.15) is 0 Å². The van der Waals surface area contributed by atoms with Gasteiger partial charge in [0.25, 0.3) is 0 Å². The third-order valence-corrected chi connectivity index (χ3v) is 3.34. The molecule has 19 heavy (non-hydrogen) atoms. The lowest BCUT2D eigenvalue weighted by Gasteiger charge is -2.06. The maximum atomic E-state index is 8.94. The van der Waals surface area contributed by atoms with Gasteiger partial charge in [-0.1, -0.05) is 24.3 Å². The Morgan fingerprint density at radius 2 is 2.00 bits per heavy atom. The summed E-state index contributed by atoms with van der Waals surface area (Å²) in [6.45, 7) is 2.90. The number of aromatic nitrogens is 1. The molecule has 1 aromatic heterocycles. The number of nitrogens with zero attached hydrogens (tertiary/aromatic N) is 2. The molecule has 0 amide bonds. The molecule has 2 heteroatoms. The van der Waals surface area contributed by atoms with Crippen molar-refractivity contribution >= 4 is 10.9 Å². The van der Waals surface area contributed by atoms with Gasteiger partial charge in [0.15, 0.2) is 0 Å². The first-order valence-corrected chi connectivity index (χ1v) is 6.31. The minimum atomic E-state index is 0.713. The lowest BCUT2D eigenvalue weighted by Crippen LogP contribution is -1.98. The molecule has 0 N–H and O–H groups in total. The van der Waals surface area contributed by atoms with Crippen molar-refractivity contribution < 1.29 is 0 Å². The highest BCUT2D eigenvalue weighted by atomic mass is 14.9. The molecule has 0 fully saturated rings. The molecule has 0 spiro atoms. The average Bonchev–Trinajstić information content (AvgIpc) is 2.81. The van der Waals surface area contributed by atoms with Crippen LogP contribution >= 0.6 is 0 Å². The summed E-state index contributed by atoms with van der Waals surface area (Å²) in [7, 11) is 0. The number of hydrogen-bond donors (Lipinski definition) is 0. The quantitative estimate of drug-likeness (QED) is 0.674. The monoisotopic (exact) mass is 246 g/mol. The number of fused-ring (bicyclic) bond motifs is 1. The van der Waals surface area contributed by atoms with Crippen LogP contribution in [0.15, 0.2) is 54.7 Å². The van der Waals surface area contributed by atoms with E-state index >= 15 is 0 Å². The highest BCUT2D eigenvalue weighted by Gasteiger charge is 2.02. The summed E-state index contributed by atoms with van der Waals surface area (Å²) >= 11 is 0. The molecular formula is C17H14N2. The normalized spacial score (nSPS) is 10.5. The molecule has 0 saturated carbocycles. The molecule has 0 saturated heterocycles. The Labute approximate surface area is 112 Å². The summed E-state index contributed by atoms with van der Waals surface area (Å²) in [5, 5.41) is 10.2. The number of aryl methyl sites for hydroxylation is 1. The summed E-state index contributed by atoms with van der Waals surface area (Å²) < 4.78 is 2.22. The second-order valence-corrected chi connectivity index (χ2v) is 4.82. The molecule has 0 aliphatic rings. The van der Waals surface area contributed by atoms with Crippen molar-refractivity contribution in [3.8, 4) is 6.07 Å². The van der Waals surface area contributed by atoms with Crippen LogP contribution in [0.3, 0.4) is 0 Å². The van der Waals surface area contributed by atoms with E-state index in [2.05, 4.69) is 54.1 Å². The van der Waals surface area contributed by atoms with E-state index in [-0.39, 0.29) is 0 Å². The Balaban J connectivity index is 2.01. The van der Waals surface area contributed by atoms with Gasteiger partial charge in [-0.25, -0.2) is 0 Å². The van der Waals surface area contributed by atoms with E-state index in [0.29, 0.717) is 5.56 Å². The summed E-state index contributed by atoms with van der Waals surface area (Å²) in [4.78, 5) is 0. The zero-order valence-corrected chi connectivity index (χ0v) is 10.8. The first kappa shape index (κ1) is 11.6. The fourth-order valence-corrected chi connectivity index (χ4v) is 2.37. The van der Waals surface area contributed by atoms with Crippen molar-refractivity contribution in [1.82, 2.24) is 4.57 Å². The Bertz CT molecular complexity index is 775. The fourth-order valence-electron chi connectivity index (χ4n) is 2.37. The Hall–Kier alpha value is -2.53. The van der Waals surface area contributed by atoms with Gasteiger partial charge >= 0.3 is 0 Å². The van der Waals surface area contributed by atoms with Crippen LogP contribution in [-0.2, 0) is 6.54 Å². The number of nitriles is 1. The van der Waals surface area contributed by atoms with Crippen LogP contribution < -0.4 is 0 Å². The van der Waals surface area contributed by atoms with Crippen molar-refractivity contribution in [2.45, 2.75) is 13.5 Å². The van der Waals surface area contributed by atoms with Gasteiger partial charge in [0, 0.05) is 18.3 Å². The van der Waals surface area contributed by atoms with Crippen LogP contribution in [0.4, 0.5) is 0 Å². The molecule has 3 rings (SSSR count). The molecule has 0 aliphatic heterocycles. The molecule has 2 aromatic carbocycles. The van der Waals surface area contributed by atoms with E-state index in [1.54, 1.807) is 0 Å². The minimum absolute atomic E-state index is 0.713. The largest absolute Gasteiger partial charge is 0.343 e. The molecule has 0 radical (unpaired) electrons. The molecule has 0 bridgehead atoms. The van der Waals surface area contributed by atoms with Crippen LogP contribution in [0.25, 0.3) is 10.9 Å². The van der Waals surface area contributed by atoms with Crippen LogP contribution in [-0.4, -0.2) is 4.57 Å². The predicted molar refractivity (Wildman–Crippen MR) is 76.9 cm³/mol. The highest BCUT2D eigenvalue weighted by Crippen LogP contribution is 2.19. The molecule has 1 heterocycles. The summed E-state index contributed by atoms with van der Waals surface area (Å²) in [5.41, 5.74) is 4.36. The van der Waals surface area contributed by atoms with Crippen LogP contribution in [0.2, 0.25) is 0 Å². The number of hydrogen-bond acceptors (Lipinski definition) is 1. The minimum Gasteiger partial charge on any atom is -0.343 e. The molecule has 0 unspecified atom stereocenters. The van der Waals surface area contributed by atoms with Gasteiger partial charge in [-0.15, -0.1) is 0 Å². The van der Waals surface area contributed by atoms with E-state index in [4.69, 9.17) is 5.26 Å². The Morgan fingerprint density at radius 3 is 2.84 bits per heavy atom. The van der Waals surface area contributed by atoms with Crippen molar-refractivity contribution in [2.24, 2.45) is 0 Å². The number of rotatable bonds is 2. The predicted octanol–water partition coefficient (Wildman–Crippen LogP) is 3.87. The van der Waals surface area contributed by atoms with E-state index < -0.39 is 0 Å². The van der Waals surface area contributed by atoms with Crippen LogP contribution in [0.1, 0.15) is 16.7 Å². The third kappa shape index (κ3) is 2.23. The zero-order valence-electron chi connectivity index (χ0n) is 10.8. The van der Waals surface area contributed by atoms with Crippen LogP contribution in [0, 0.1) is 18.3 Å². The standard InChI is InChI=1S/C17H14N2/c1-13-5-6-16-7-8-19(17(16)9-13)12-15-4-2-3-14(10-15)11-18/h2-10H,12H2,1H3. The zero-order chi connectivity index (χ0) is 13.2. The van der Waals surface area contributed by atoms with Gasteiger partial charge in [0.2, 0.25) is 0 Å². The maximum Gasteiger partial charge on any atom is 0.0991 e. The summed E-state index contributed by atoms with van der Waals surface area (Å²) in [6.07, 6.45) is 2.10. The van der Waals surface area contributed by atoms with Crippen molar-refractivity contribution in [3.63, 3.8) is 0 Å². The van der Waals surface area contributed by atoms with Crippen molar-refractivity contribution in [1.29, 1.82) is 5.26 Å².